The van der Waals surface area contributed by atoms with Crippen molar-refractivity contribution in [1.82, 2.24) is 9.62 Å². The first-order valence-electron chi connectivity index (χ1n) is 10.4. The summed E-state index contributed by atoms with van der Waals surface area (Å²) in [6.07, 6.45) is 8.46. The number of benzene rings is 1. The van der Waals surface area contributed by atoms with Gasteiger partial charge in [0.25, 0.3) is 0 Å². The molecule has 5 nitrogen and oxygen atoms in total. The van der Waals surface area contributed by atoms with E-state index < -0.39 is 16.1 Å². The zero-order valence-corrected chi connectivity index (χ0v) is 17.5. The molecule has 0 spiro atoms. The van der Waals surface area contributed by atoms with Crippen LogP contribution < -0.4 is 5.32 Å². The highest BCUT2D eigenvalue weighted by Gasteiger charge is 2.52. The molecule has 28 heavy (non-hydrogen) atoms. The van der Waals surface area contributed by atoms with Gasteiger partial charge in [-0.15, -0.1) is 0 Å². The summed E-state index contributed by atoms with van der Waals surface area (Å²) in [5, 5.41) is 3.86. The number of hydrogen-bond acceptors (Lipinski definition) is 3. The predicted molar refractivity (Wildman–Crippen MR) is 107 cm³/mol. The van der Waals surface area contributed by atoms with Gasteiger partial charge < -0.3 is 5.32 Å². The highest BCUT2D eigenvalue weighted by molar-refractivity contribution is 7.89. The maximum atomic E-state index is 13.2. The first-order valence-corrected chi connectivity index (χ1v) is 12.3. The molecule has 1 aromatic rings. The number of nitrogens with one attached hydrogen (secondary N) is 1. The van der Waals surface area contributed by atoms with Crippen molar-refractivity contribution >= 4 is 27.5 Å². The highest BCUT2D eigenvalue weighted by Crippen LogP contribution is 2.55. The third kappa shape index (κ3) is 3.17. The van der Waals surface area contributed by atoms with Crippen LogP contribution in [0.3, 0.4) is 0 Å². The molecule has 5 aliphatic rings. The number of rotatable bonds is 4. The molecule has 0 radical (unpaired) electrons. The summed E-state index contributed by atoms with van der Waals surface area (Å²) in [5.41, 5.74) is -0.0931. The second kappa shape index (κ2) is 6.71. The number of sulfonamides is 1. The molecule has 1 aliphatic heterocycles. The molecule has 152 valence electrons. The van der Waals surface area contributed by atoms with E-state index in [1.807, 2.05) is 0 Å². The molecule has 1 unspecified atom stereocenters. The third-order valence-corrected chi connectivity index (χ3v) is 9.53. The van der Waals surface area contributed by atoms with Crippen LogP contribution in [0.25, 0.3) is 0 Å². The summed E-state index contributed by atoms with van der Waals surface area (Å²) in [4.78, 5) is 13.4. The molecule has 5 fully saturated rings. The Hall–Kier alpha value is -1.11. The van der Waals surface area contributed by atoms with Gasteiger partial charge in [-0.05, 0) is 93.4 Å². The van der Waals surface area contributed by atoms with Crippen molar-refractivity contribution in [2.75, 3.05) is 6.54 Å². The van der Waals surface area contributed by atoms with Crippen LogP contribution in [0.1, 0.15) is 51.4 Å². The number of carbonyl (C=O) groups excluding carboxylic acids is 1. The van der Waals surface area contributed by atoms with Gasteiger partial charge in [0.1, 0.15) is 6.04 Å². The first-order chi connectivity index (χ1) is 13.3. The van der Waals surface area contributed by atoms with E-state index in [1.165, 1.54) is 35.7 Å². The van der Waals surface area contributed by atoms with Gasteiger partial charge in [-0.25, -0.2) is 8.42 Å². The Kier molecular flexibility index (Phi) is 4.53. The molecule has 4 aliphatic carbocycles. The lowest BCUT2D eigenvalue weighted by molar-refractivity contribution is -0.130. The van der Waals surface area contributed by atoms with Crippen molar-refractivity contribution < 1.29 is 13.2 Å². The van der Waals surface area contributed by atoms with Gasteiger partial charge in [-0.1, -0.05) is 11.6 Å². The second-order valence-corrected chi connectivity index (χ2v) is 11.7. The summed E-state index contributed by atoms with van der Waals surface area (Å²) < 4.78 is 27.6. The molecular formula is C21H27ClN2O3S. The standard InChI is InChI=1S/C21H27ClN2O3S/c22-17-3-5-18(6-4-17)28(26,27)24-7-1-2-19(24)20(25)23-21-11-14-8-15(12-21)10-16(9-14)13-21/h3-6,14-16,19H,1-2,7-13H2,(H,23,25). The molecular weight excluding hydrogens is 396 g/mol. The molecule has 1 amide bonds. The molecule has 1 N–H and O–H groups in total. The van der Waals surface area contributed by atoms with Crippen molar-refractivity contribution in [3.8, 4) is 0 Å². The Balaban J connectivity index is 1.35. The highest BCUT2D eigenvalue weighted by atomic mass is 35.5. The summed E-state index contributed by atoms with van der Waals surface area (Å²) >= 11 is 5.90. The van der Waals surface area contributed by atoms with Crippen molar-refractivity contribution in [2.45, 2.75) is 67.8 Å². The number of amides is 1. The van der Waals surface area contributed by atoms with Crippen LogP contribution in [-0.4, -0.2) is 36.8 Å². The minimum atomic E-state index is -3.70. The summed E-state index contributed by atoms with van der Waals surface area (Å²) in [7, 11) is -3.70. The normalized spacial score (nSPS) is 37.3. The molecule has 1 aromatic carbocycles. The van der Waals surface area contributed by atoms with Crippen LogP contribution in [0.2, 0.25) is 5.02 Å². The van der Waals surface area contributed by atoms with E-state index in [-0.39, 0.29) is 16.3 Å². The fourth-order valence-corrected chi connectivity index (χ4v) is 8.42. The largest absolute Gasteiger partial charge is 0.349 e. The monoisotopic (exact) mass is 422 g/mol. The van der Waals surface area contributed by atoms with Gasteiger partial charge in [0.05, 0.1) is 4.90 Å². The maximum Gasteiger partial charge on any atom is 0.243 e. The lowest BCUT2D eigenvalue weighted by Crippen LogP contribution is -2.62. The third-order valence-electron chi connectivity index (χ3n) is 7.35. The Morgan fingerprint density at radius 1 is 1.04 bits per heavy atom. The summed E-state index contributed by atoms with van der Waals surface area (Å²) in [5.74, 6) is 2.12. The van der Waals surface area contributed by atoms with E-state index in [2.05, 4.69) is 5.32 Å². The topological polar surface area (TPSA) is 66.5 Å². The maximum absolute atomic E-state index is 13.2. The predicted octanol–water partition coefficient (Wildman–Crippen LogP) is 3.58. The number of carbonyl (C=O) groups is 1. The van der Waals surface area contributed by atoms with Gasteiger partial charge in [-0.3, -0.25) is 4.79 Å². The van der Waals surface area contributed by atoms with Crippen LogP contribution in [0, 0.1) is 17.8 Å². The molecule has 6 rings (SSSR count). The van der Waals surface area contributed by atoms with Crippen LogP contribution in [0.15, 0.2) is 29.2 Å². The minimum absolute atomic E-state index is 0.0931. The average Bonchev–Trinajstić information content (AvgIpc) is 3.11. The zero-order chi connectivity index (χ0) is 19.5. The summed E-state index contributed by atoms with van der Waals surface area (Å²) in [6.45, 7) is 0.393. The van der Waals surface area contributed by atoms with E-state index in [0.29, 0.717) is 24.4 Å². The van der Waals surface area contributed by atoms with Gasteiger partial charge in [0.2, 0.25) is 15.9 Å². The molecule has 1 heterocycles. The minimum Gasteiger partial charge on any atom is -0.349 e. The fourth-order valence-electron chi connectivity index (χ4n) is 6.64. The molecule has 4 bridgehead atoms. The van der Waals surface area contributed by atoms with E-state index in [4.69, 9.17) is 11.6 Å². The van der Waals surface area contributed by atoms with Gasteiger partial charge in [-0.2, -0.15) is 4.31 Å². The Morgan fingerprint density at radius 3 is 2.18 bits per heavy atom. The first kappa shape index (κ1) is 18.9. The fraction of sp³-hybridized carbons (Fsp3) is 0.667. The molecule has 7 heteroatoms. The van der Waals surface area contributed by atoms with Crippen LogP contribution in [-0.2, 0) is 14.8 Å². The second-order valence-electron chi connectivity index (χ2n) is 9.41. The van der Waals surface area contributed by atoms with Crippen LogP contribution in [0.5, 0.6) is 0 Å². The van der Waals surface area contributed by atoms with Crippen LogP contribution >= 0.6 is 11.6 Å². The lowest BCUT2D eigenvalue weighted by Gasteiger charge is -2.57. The van der Waals surface area contributed by atoms with Gasteiger partial charge in [0.15, 0.2) is 0 Å². The number of halogens is 1. The molecule has 1 saturated heterocycles. The van der Waals surface area contributed by atoms with Gasteiger partial charge in [0, 0.05) is 17.1 Å². The number of nitrogens with zero attached hydrogens (tertiary/aromatic N) is 1. The quantitative estimate of drug-likeness (QED) is 0.806. The van der Waals surface area contributed by atoms with Crippen molar-refractivity contribution in [1.29, 1.82) is 0 Å². The smallest absolute Gasteiger partial charge is 0.243 e. The van der Waals surface area contributed by atoms with E-state index in [1.54, 1.807) is 12.1 Å². The Bertz CT molecular complexity index is 848. The molecule has 0 aromatic heterocycles. The van der Waals surface area contributed by atoms with E-state index >= 15 is 0 Å². The average molecular weight is 423 g/mol. The van der Waals surface area contributed by atoms with E-state index in [9.17, 15) is 13.2 Å². The summed E-state index contributed by atoms with van der Waals surface area (Å²) in [6, 6.07) is 5.59. The zero-order valence-electron chi connectivity index (χ0n) is 15.9. The molecule has 4 saturated carbocycles. The lowest BCUT2D eigenvalue weighted by atomic mass is 9.53. The molecule has 1 atom stereocenters. The number of hydrogen-bond donors (Lipinski definition) is 1. The Labute approximate surface area is 171 Å². The van der Waals surface area contributed by atoms with Crippen molar-refractivity contribution in [3.05, 3.63) is 29.3 Å². The Morgan fingerprint density at radius 2 is 1.61 bits per heavy atom. The van der Waals surface area contributed by atoms with Gasteiger partial charge >= 0.3 is 0 Å². The van der Waals surface area contributed by atoms with Crippen LogP contribution in [0.4, 0.5) is 0 Å². The van der Waals surface area contributed by atoms with Crippen molar-refractivity contribution in [2.24, 2.45) is 17.8 Å². The SMILES string of the molecule is O=C(NC12CC3CC(CC(C3)C1)C2)C1CCCN1S(=O)(=O)c1ccc(Cl)cc1. The van der Waals surface area contributed by atoms with Crippen molar-refractivity contribution in [3.63, 3.8) is 0 Å². The van der Waals surface area contributed by atoms with E-state index in [0.717, 1.165) is 37.0 Å².